The SMILES string of the molecule is O=C(C[C@@H]1CCS(=O)(=O)C1)N/N=C\c1cccs1. The summed E-state index contributed by atoms with van der Waals surface area (Å²) in [6, 6.07) is 3.79. The highest BCUT2D eigenvalue weighted by atomic mass is 32.2. The number of carbonyl (C=O) groups is 1. The molecule has 1 aliphatic rings. The molecule has 1 aromatic heterocycles. The summed E-state index contributed by atoms with van der Waals surface area (Å²) < 4.78 is 22.5. The van der Waals surface area contributed by atoms with Crippen LogP contribution in [0.3, 0.4) is 0 Å². The van der Waals surface area contributed by atoms with Crippen LogP contribution < -0.4 is 5.43 Å². The molecule has 1 aliphatic heterocycles. The lowest BCUT2D eigenvalue weighted by Crippen LogP contribution is -2.21. The second-order valence-electron chi connectivity index (χ2n) is 4.28. The third-order valence-corrected chi connectivity index (χ3v) is 5.37. The molecule has 0 bridgehead atoms. The number of sulfone groups is 1. The Morgan fingerprint density at radius 3 is 3.06 bits per heavy atom. The van der Waals surface area contributed by atoms with Gasteiger partial charge >= 0.3 is 0 Å². The summed E-state index contributed by atoms with van der Waals surface area (Å²) in [6.45, 7) is 0. The lowest BCUT2D eigenvalue weighted by molar-refractivity contribution is -0.121. The van der Waals surface area contributed by atoms with Crippen LogP contribution >= 0.6 is 11.3 Å². The van der Waals surface area contributed by atoms with Crippen LogP contribution in [0.15, 0.2) is 22.6 Å². The molecule has 2 heterocycles. The number of hydrazone groups is 1. The van der Waals surface area contributed by atoms with Crippen LogP contribution in [0, 0.1) is 5.92 Å². The minimum absolute atomic E-state index is 0.0630. The van der Waals surface area contributed by atoms with Crippen LogP contribution in [0.1, 0.15) is 17.7 Å². The van der Waals surface area contributed by atoms with Crippen molar-refractivity contribution >= 4 is 33.3 Å². The molecular formula is C11H14N2O3S2. The zero-order chi connectivity index (χ0) is 13.0. The van der Waals surface area contributed by atoms with Crippen molar-refractivity contribution in [2.75, 3.05) is 11.5 Å². The molecule has 1 aromatic rings. The average molecular weight is 286 g/mol. The number of hydrogen-bond donors (Lipinski definition) is 1. The zero-order valence-electron chi connectivity index (χ0n) is 9.70. The number of carbonyl (C=O) groups excluding carboxylic acids is 1. The van der Waals surface area contributed by atoms with E-state index in [1.165, 1.54) is 11.3 Å². The number of thiophene rings is 1. The second-order valence-corrected chi connectivity index (χ2v) is 7.49. The van der Waals surface area contributed by atoms with Gasteiger partial charge in [0, 0.05) is 11.3 Å². The first-order chi connectivity index (χ1) is 8.55. The van der Waals surface area contributed by atoms with Gasteiger partial charge in [0.15, 0.2) is 9.84 Å². The highest BCUT2D eigenvalue weighted by Gasteiger charge is 2.29. The van der Waals surface area contributed by atoms with Crippen molar-refractivity contribution in [3.63, 3.8) is 0 Å². The van der Waals surface area contributed by atoms with E-state index in [0.29, 0.717) is 6.42 Å². The molecule has 0 unspecified atom stereocenters. The number of amides is 1. The molecule has 0 aromatic carbocycles. The highest BCUT2D eigenvalue weighted by Crippen LogP contribution is 2.21. The Kier molecular flexibility index (Phi) is 4.13. The Labute approximate surface area is 110 Å². The normalized spacial score (nSPS) is 22.3. The van der Waals surface area contributed by atoms with E-state index >= 15 is 0 Å². The summed E-state index contributed by atoms with van der Waals surface area (Å²) in [5.41, 5.74) is 2.42. The van der Waals surface area contributed by atoms with Crippen LogP contribution in [0.5, 0.6) is 0 Å². The summed E-state index contributed by atoms with van der Waals surface area (Å²) in [5, 5.41) is 5.75. The van der Waals surface area contributed by atoms with Crippen molar-refractivity contribution in [1.29, 1.82) is 0 Å². The number of rotatable bonds is 4. The van der Waals surface area contributed by atoms with Gasteiger partial charge in [-0.2, -0.15) is 5.10 Å². The summed E-state index contributed by atoms with van der Waals surface area (Å²) in [5.74, 6) is 0.0233. The maximum atomic E-state index is 11.5. The van der Waals surface area contributed by atoms with E-state index in [2.05, 4.69) is 10.5 Å². The minimum Gasteiger partial charge on any atom is -0.273 e. The number of nitrogens with one attached hydrogen (secondary N) is 1. The van der Waals surface area contributed by atoms with Crippen molar-refractivity contribution < 1.29 is 13.2 Å². The topological polar surface area (TPSA) is 75.6 Å². The fourth-order valence-electron chi connectivity index (χ4n) is 1.87. The van der Waals surface area contributed by atoms with E-state index in [1.54, 1.807) is 6.21 Å². The quantitative estimate of drug-likeness (QED) is 0.663. The van der Waals surface area contributed by atoms with Gasteiger partial charge in [0.1, 0.15) is 0 Å². The summed E-state index contributed by atoms with van der Waals surface area (Å²) >= 11 is 1.53. The van der Waals surface area contributed by atoms with Crippen molar-refractivity contribution in [2.45, 2.75) is 12.8 Å². The first kappa shape index (κ1) is 13.2. The van der Waals surface area contributed by atoms with Gasteiger partial charge in [0.2, 0.25) is 5.91 Å². The lowest BCUT2D eigenvalue weighted by Gasteiger charge is -2.04. The number of hydrogen-bond acceptors (Lipinski definition) is 5. The van der Waals surface area contributed by atoms with Gasteiger partial charge in [-0.05, 0) is 23.8 Å². The van der Waals surface area contributed by atoms with Gasteiger partial charge in [-0.15, -0.1) is 11.3 Å². The Morgan fingerprint density at radius 2 is 2.44 bits per heavy atom. The minimum atomic E-state index is -2.91. The van der Waals surface area contributed by atoms with E-state index in [1.807, 2.05) is 17.5 Å². The van der Waals surface area contributed by atoms with E-state index in [-0.39, 0.29) is 29.8 Å². The van der Waals surface area contributed by atoms with Gasteiger partial charge in [0.05, 0.1) is 17.7 Å². The second kappa shape index (κ2) is 5.62. The zero-order valence-corrected chi connectivity index (χ0v) is 11.3. The summed E-state index contributed by atoms with van der Waals surface area (Å²) in [7, 11) is -2.91. The summed E-state index contributed by atoms with van der Waals surface area (Å²) in [6.07, 6.45) is 2.37. The van der Waals surface area contributed by atoms with Gasteiger partial charge in [-0.3, -0.25) is 4.79 Å². The smallest absolute Gasteiger partial charge is 0.240 e. The molecule has 5 nitrogen and oxygen atoms in total. The van der Waals surface area contributed by atoms with Crippen molar-refractivity contribution in [3.05, 3.63) is 22.4 Å². The van der Waals surface area contributed by atoms with Crippen LogP contribution in [0.4, 0.5) is 0 Å². The van der Waals surface area contributed by atoms with Crippen LogP contribution in [0.2, 0.25) is 0 Å². The first-order valence-electron chi connectivity index (χ1n) is 5.61. The van der Waals surface area contributed by atoms with Crippen molar-refractivity contribution in [1.82, 2.24) is 5.43 Å². The molecular weight excluding hydrogens is 272 g/mol. The fraction of sp³-hybridized carbons (Fsp3) is 0.455. The Balaban J connectivity index is 1.76. The van der Waals surface area contributed by atoms with Gasteiger partial charge in [-0.1, -0.05) is 6.07 Å². The van der Waals surface area contributed by atoms with Gasteiger partial charge in [-0.25, -0.2) is 13.8 Å². The molecule has 1 amide bonds. The Morgan fingerprint density at radius 1 is 1.61 bits per heavy atom. The molecule has 0 saturated carbocycles. The third-order valence-electron chi connectivity index (χ3n) is 2.73. The van der Waals surface area contributed by atoms with E-state index < -0.39 is 9.84 Å². The summed E-state index contributed by atoms with van der Waals surface area (Å²) in [4.78, 5) is 12.5. The largest absolute Gasteiger partial charge is 0.273 e. The van der Waals surface area contributed by atoms with E-state index in [9.17, 15) is 13.2 Å². The van der Waals surface area contributed by atoms with Gasteiger partial charge in [0.25, 0.3) is 0 Å². The molecule has 1 fully saturated rings. The third kappa shape index (κ3) is 3.92. The average Bonchev–Trinajstić information content (AvgIpc) is 2.88. The Bertz CT molecular complexity index is 535. The molecule has 0 radical (unpaired) electrons. The van der Waals surface area contributed by atoms with Crippen LogP contribution in [0.25, 0.3) is 0 Å². The maximum Gasteiger partial charge on any atom is 0.240 e. The first-order valence-corrected chi connectivity index (χ1v) is 8.31. The lowest BCUT2D eigenvalue weighted by atomic mass is 10.1. The highest BCUT2D eigenvalue weighted by molar-refractivity contribution is 7.91. The van der Waals surface area contributed by atoms with Crippen molar-refractivity contribution in [3.8, 4) is 0 Å². The Hall–Kier alpha value is -1.21. The maximum absolute atomic E-state index is 11.5. The molecule has 1 saturated heterocycles. The molecule has 7 heteroatoms. The van der Waals surface area contributed by atoms with Crippen LogP contribution in [-0.4, -0.2) is 32.0 Å². The van der Waals surface area contributed by atoms with E-state index in [0.717, 1.165) is 4.88 Å². The number of nitrogens with zero attached hydrogens (tertiary/aromatic N) is 1. The van der Waals surface area contributed by atoms with Crippen LogP contribution in [-0.2, 0) is 14.6 Å². The molecule has 1 atom stereocenters. The molecule has 1 N–H and O–H groups in total. The molecule has 98 valence electrons. The predicted octanol–water partition coefficient (Wildman–Crippen LogP) is 1.02. The van der Waals surface area contributed by atoms with Gasteiger partial charge < -0.3 is 0 Å². The van der Waals surface area contributed by atoms with Crippen molar-refractivity contribution in [2.24, 2.45) is 11.0 Å². The molecule has 18 heavy (non-hydrogen) atoms. The molecule has 2 rings (SSSR count). The molecule has 0 spiro atoms. The molecule has 0 aliphatic carbocycles. The fourth-order valence-corrected chi connectivity index (χ4v) is 4.32. The monoisotopic (exact) mass is 286 g/mol. The standard InChI is InChI=1S/C11H14N2O3S2/c14-11(6-9-3-5-18(15,16)8-9)13-12-7-10-2-1-4-17-10/h1-2,4,7,9H,3,5-6,8H2,(H,13,14)/b12-7-/t9-/m0/s1. The predicted molar refractivity (Wildman–Crippen MR) is 71.4 cm³/mol. The van der Waals surface area contributed by atoms with E-state index in [4.69, 9.17) is 0 Å².